The minimum absolute atomic E-state index is 0.310. The zero-order chi connectivity index (χ0) is 17.1. The van der Waals surface area contributed by atoms with Gasteiger partial charge < -0.3 is 5.11 Å². The summed E-state index contributed by atoms with van der Waals surface area (Å²) in [6.07, 6.45) is 1.75. The van der Waals surface area contributed by atoms with E-state index < -0.39 is 5.97 Å². The predicted molar refractivity (Wildman–Crippen MR) is 96.7 cm³/mol. The Kier molecular flexibility index (Phi) is 4.61. The lowest BCUT2D eigenvalue weighted by Crippen LogP contribution is -2.02. The fraction of sp³-hybridized carbons (Fsp3) is 0.238. The minimum Gasteiger partial charge on any atom is -0.478 e. The molecule has 0 bridgehead atoms. The predicted octanol–water partition coefficient (Wildman–Crippen LogP) is 5.04. The van der Waals surface area contributed by atoms with E-state index in [1.807, 2.05) is 24.3 Å². The van der Waals surface area contributed by atoms with Crippen LogP contribution in [0.4, 0.5) is 0 Å². The molecule has 1 N–H and O–H groups in total. The number of pyridine rings is 1. The van der Waals surface area contributed by atoms with Gasteiger partial charge in [0.25, 0.3) is 0 Å². The Morgan fingerprint density at radius 2 is 1.83 bits per heavy atom. The SMILES string of the molecule is CCC(C)c1cc2ccccc2c(Cc2ccc(C(=O)O)cc2)n1. The maximum absolute atomic E-state index is 11.0. The van der Waals surface area contributed by atoms with Gasteiger partial charge in [-0.15, -0.1) is 0 Å². The van der Waals surface area contributed by atoms with Crippen molar-refractivity contribution in [1.82, 2.24) is 4.98 Å². The number of aromatic nitrogens is 1. The second kappa shape index (κ2) is 6.83. The van der Waals surface area contributed by atoms with Crippen molar-refractivity contribution in [2.45, 2.75) is 32.6 Å². The van der Waals surface area contributed by atoms with Gasteiger partial charge in [-0.3, -0.25) is 4.98 Å². The van der Waals surface area contributed by atoms with Crippen molar-refractivity contribution < 1.29 is 9.90 Å². The van der Waals surface area contributed by atoms with E-state index in [0.717, 1.165) is 28.8 Å². The van der Waals surface area contributed by atoms with Crippen LogP contribution in [0.5, 0.6) is 0 Å². The molecule has 1 heterocycles. The lowest BCUT2D eigenvalue weighted by Gasteiger charge is -2.13. The Hall–Kier alpha value is -2.68. The van der Waals surface area contributed by atoms with Gasteiger partial charge in [-0.25, -0.2) is 4.79 Å². The molecule has 0 aliphatic carbocycles. The molecule has 0 aliphatic rings. The van der Waals surface area contributed by atoms with Crippen LogP contribution in [0.15, 0.2) is 54.6 Å². The summed E-state index contributed by atoms with van der Waals surface area (Å²) in [6, 6.07) is 17.5. The molecule has 0 spiro atoms. The number of carboxylic acid groups (broad SMARTS) is 1. The summed E-state index contributed by atoms with van der Waals surface area (Å²) in [7, 11) is 0. The van der Waals surface area contributed by atoms with E-state index in [2.05, 4.69) is 32.0 Å². The van der Waals surface area contributed by atoms with Crippen LogP contribution >= 0.6 is 0 Å². The number of hydrogen-bond acceptors (Lipinski definition) is 2. The average Bonchev–Trinajstić information content (AvgIpc) is 2.61. The van der Waals surface area contributed by atoms with Gasteiger partial charge in [0.2, 0.25) is 0 Å². The Morgan fingerprint density at radius 1 is 1.12 bits per heavy atom. The van der Waals surface area contributed by atoms with Gasteiger partial charge in [0.15, 0.2) is 0 Å². The number of benzene rings is 2. The van der Waals surface area contributed by atoms with Crippen molar-refractivity contribution in [2.24, 2.45) is 0 Å². The zero-order valence-corrected chi connectivity index (χ0v) is 14.0. The highest BCUT2D eigenvalue weighted by Crippen LogP contribution is 2.25. The van der Waals surface area contributed by atoms with Crippen LogP contribution in [-0.4, -0.2) is 16.1 Å². The molecule has 2 aromatic carbocycles. The Morgan fingerprint density at radius 3 is 2.50 bits per heavy atom. The smallest absolute Gasteiger partial charge is 0.335 e. The van der Waals surface area contributed by atoms with E-state index in [0.29, 0.717) is 17.9 Å². The summed E-state index contributed by atoms with van der Waals surface area (Å²) in [4.78, 5) is 15.9. The largest absolute Gasteiger partial charge is 0.478 e. The maximum Gasteiger partial charge on any atom is 0.335 e. The van der Waals surface area contributed by atoms with Crippen molar-refractivity contribution in [3.8, 4) is 0 Å². The zero-order valence-electron chi connectivity index (χ0n) is 14.0. The second-order valence-electron chi connectivity index (χ2n) is 6.20. The van der Waals surface area contributed by atoms with Crippen LogP contribution in [0.25, 0.3) is 10.8 Å². The number of nitrogens with zero attached hydrogens (tertiary/aromatic N) is 1. The normalized spacial score (nSPS) is 12.2. The molecule has 3 rings (SSSR count). The summed E-state index contributed by atoms with van der Waals surface area (Å²) in [6.45, 7) is 4.37. The van der Waals surface area contributed by atoms with E-state index in [-0.39, 0.29) is 0 Å². The molecule has 1 atom stereocenters. The lowest BCUT2D eigenvalue weighted by atomic mass is 9.98. The van der Waals surface area contributed by atoms with Crippen LogP contribution in [-0.2, 0) is 6.42 Å². The summed E-state index contributed by atoms with van der Waals surface area (Å²) in [5.74, 6) is -0.480. The molecule has 1 unspecified atom stereocenters. The molecule has 1 aromatic heterocycles. The number of carboxylic acids is 1. The van der Waals surface area contributed by atoms with Gasteiger partial charge in [-0.2, -0.15) is 0 Å². The maximum atomic E-state index is 11.0. The van der Waals surface area contributed by atoms with E-state index in [1.165, 1.54) is 5.39 Å². The molecule has 0 fully saturated rings. The summed E-state index contributed by atoms with van der Waals surface area (Å²) in [5.41, 5.74) is 3.55. The van der Waals surface area contributed by atoms with Crippen molar-refractivity contribution in [2.75, 3.05) is 0 Å². The Bertz CT molecular complexity index is 869. The number of fused-ring (bicyclic) bond motifs is 1. The molecule has 0 aliphatic heterocycles. The van der Waals surface area contributed by atoms with Crippen molar-refractivity contribution in [3.63, 3.8) is 0 Å². The fourth-order valence-electron chi connectivity index (χ4n) is 2.85. The quantitative estimate of drug-likeness (QED) is 0.717. The molecular weight excluding hydrogens is 298 g/mol. The first kappa shape index (κ1) is 16.2. The molecule has 0 saturated carbocycles. The van der Waals surface area contributed by atoms with Gasteiger partial charge in [0.1, 0.15) is 0 Å². The van der Waals surface area contributed by atoms with E-state index in [4.69, 9.17) is 10.1 Å². The van der Waals surface area contributed by atoms with Crippen molar-refractivity contribution in [3.05, 3.63) is 77.1 Å². The van der Waals surface area contributed by atoms with Crippen molar-refractivity contribution >= 4 is 16.7 Å². The molecule has 24 heavy (non-hydrogen) atoms. The molecule has 3 heteroatoms. The third kappa shape index (κ3) is 3.30. The fourth-order valence-corrected chi connectivity index (χ4v) is 2.85. The van der Waals surface area contributed by atoms with Crippen LogP contribution in [0.1, 0.15) is 53.5 Å². The van der Waals surface area contributed by atoms with Crippen molar-refractivity contribution in [1.29, 1.82) is 0 Å². The molecule has 0 amide bonds. The van der Waals surface area contributed by atoms with Crippen LogP contribution in [0, 0.1) is 0 Å². The van der Waals surface area contributed by atoms with E-state index >= 15 is 0 Å². The topological polar surface area (TPSA) is 50.2 Å². The Labute approximate surface area is 142 Å². The molecular formula is C21H21NO2. The van der Waals surface area contributed by atoms with Gasteiger partial charge in [-0.05, 0) is 41.5 Å². The minimum atomic E-state index is -0.899. The van der Waals surface area contributed by atoms with Crippen LogP contribution in [0.2, 0.25) is 0 Å². The molecule has 0 saturated heterocycles. The summed E-state index contributed by atoms with van der Waals surface area (Å²) in [5, 5.41) is 11.4. The molecule has 0 radical (unpaired) electrons. The third-order valence-electron chi connectivity index (χ3n) is 4.53. The van der Waals surface area contributed by atoms with Crippen LogP contribution < -0.4 is 0 Å². The number of hydrogen-bond donors (Lipinski definition) is 1. The van der Waals surface area contributed by atoms with Crippen LogP contribution in [0.3, 0.4) is 0 Å². The van der Waals surface area contributed by atoms with Gasteiger partial charge in [0.05, 0.1) is 11.3 Å². The summed E-state index contributed by atoms with van der Waals surface area (Å²) < 4.78 is 0. The van der Waals surface area contributed by atoms with Gasteiger partial charge in [0, 0.05) is 17.5 Å². The third-order valence-corrected chi connectivity index (χ3v) is 4.53. The lowest BCUT2D eigenvalue weighted by molar-refractivity contribution is 0.0697. The first-order valence-electron chi connectivity index (χ1n) is 8.29. The first-order chi connectivity index (χ1) is 11.6. The Balaban J connectivity index is 2.02. The monoisotopic (exact) mass is 319 g/mol. The standard InChI is InChI=1S/C21H21NO2/c1-3-14(2)19-13-17-6-4-5-7-18(17)20(22-19)12-15-8-10-16(11-9-15)21(23)24/h4-11,13-14H,3,12H2,1-2H3,(H,23,24). The van der Waals surface area contributed by atoms with E-state index in [9.17, 15) is 4.79 Å². The second-order valence-corrected chi connectivity index (χ2v) is 6.20. The van der Waals surface area contributed by atoms with Gasteiger partial charge in [-0.1, -0.05) is 50.2 Å². The summed E-state index contributed by atoms with van der Waals surface area (Å²) >= 11 is 0. The molecule has 3 aromatic rings. The highest BCUT2D eigenvalue weighted by molar-refractivity contribution is 5.87. The molecule has 3 nitrogen and oxygen atoms in total. The number of rotatable bonds is 5. The van der Waals surface area contributed by atoms with Gasteiger partial charge >= 0.3 is 5.97 Å². The van der Waals surface area contributed by atoms with E-state index in [1.54, 1.807) is 12.1 Å². The first-order valence-corrected chi connectivity index (χ1v) is 8.29. The average molecular weight is 319 g/mol. The number of aromatic carboxylic acids is 1. The molecule has 122 valence electrons. The highest BCUT2D eigenvalue weighted by Gasteiger charge is 2.11. The number of carbonyl (C=O) groups is 1. The highest BCUT2D eigenvalue weighted by atomic mass is 16.4.